The van der Waals surface area contributed by atoms with E-state index < -0.39 is 11.7 Å². The summed E-state index contributed by atoms with van der Waals surface area (Å²) in [6.45, 7) is 12.4. The highest BCUT2D eigenvalue weighted by Crippen LogP contribution is 2.33. The number of halogens is 1. The molecule has 0 aliphatic rings. The molecule has 0 unspecified atom stereocenters. The number of ether oxygens (including phenoxy) is 4. The summed E-state index contributed by atoms with van der Waals surface area (Å²) in [5.41, 5.74) is -0.623. The van der Waals surface area contributed by atoms with Crippen LogP contribution in [0.25, 0.3) is 0 Å². The lowest BCUT2D eigenvalue weighted by atomic mass is 9.87. The van der Waals surface area contributed by atoms with E-state index in [4.69, 9.17) is 30.5 Å². The highest BCUT2D eigenvalue weighted by Gasteiger charge is 2.29. The zero-order chi connectivity index (χ0) is 22.9. The Morgan fingerprint density at radius 2 is 1.77 bits per heavy atom. The third-order valence-electron chi connectivity index (χ3n) is 4.08. The first-order valence-corrected chi connectivity index (χ1v) is 10.3. The summed E-state index contributed by atoms with van der Waals surface area (Å²) in [6, 6.07) is 2.73. The number of nitrogens with one attached hydrogen (secondary N) is 1. The van der Waals surface area contributed by atoms with Crippen molar-refractivity contribution in [1.82, 2.24) is 5.32 Å². The Morgan fingerprint density at radius 3 is 2.30 bits per heavy atom. The summed E-state index contributed by atoms with van der Waals surface area (Å²) >= 11 is 6.21. The summed E-state index contributed by atoms with van der Waals surface area (Å²) in [6.07, 6.45) is 0.841. The van der Waals surface area contributed by atoms with E-state index in [0.717, 1.165) is 0 Å². The van der Waals surface area contributed by atoms with Crippen molar-refractivity contribution in [2.45, 2.75) is 59.6 Å². The van der Waals surface area contributed by atoms with E-state index in [1.54, 1.807) is 33.9 Å². The largest absolute Gasteiger partial charge is 0.492 e. The SMILES string of the molecule is COCCCOc1cc(OC[C@H](NC(=O)OC(C)(C)C)C(C)(C)C)c(C=O)cc1Cl. The van der Waals surface area contributed by atoms with Crippen molar-refractivity contribution in [2.24, 2.45) is 5.41 Å². The molecule has 8 heteroatoms. The minimum absolute atomic E-state index is 0.133. The second-order valence-electron chi connectivity index (χ2n) is 9.01. The van der Waals surface area contributed by atoms with E-state index in [1.807, 2.05) is 20.8 Å². The van der Waals surface area contributed by atoms with Gasteiger partial charge in [-0.1, -0.05) is 32.4 Å². The van der Waals surface area contributed by atoms with E-state index >= 15 is 0 Å². The molecule has 0 radical (unpaired) electrons. The number of amides is 1. The molecule has 0 heterocycles. The maximum absolute atomic E-state index is 12.2. The van der Waals surface area contributed by atoms with Crippen LogP contribution in [-0.4, -0.2) is 51.0 Å². The third kappa shape index (κ3) is 9.22. The normalized spacial score (nSPS) is 12.8. The van der Waals surface area contributed by atoms with Gasteiger partial charge in [0.2, 0.25) is 0 Å². The predicted octanol–water partition coefficient (Wildman–Crippen LogP) is 4.89. The molecular formula is C22H34ClNO6. The lowest BCUT2D eigenvalue weighted by Crippen LogP contribution is -2.49. The number of methoxy groups -OCH3 is 1. The van der Waals surface area contributed by atoms with Gasteiger partial charge in [-0.3, -0.25) is 4.79 Å². The molecule has 0 fully saturated rings. The standard InChI is InChI=1S/C22H34ClNO6/c1-21(2,3)19(24-20(26)30-22(4,5)6)14-29-17-12-18(28-10-8-9-27-7)16(23)11-15(17)13-25/h11-13,19H,8-10,14H2,1-7H3,(H,24,26)/t19-/m0/s1. The Kier molecular flexibility index (Phi) is 9.91. The maximum Gasteiger partial charge on any atom is 0.408 e. The molecular weight excluding hydrogens is 410 g/mol. The molecule has 1 atom stereocenters. The predicted molar refractivity (Wildman–Crippen MR) is 117 cm³/mol. The fourth-order valence-electron chi connectivity index (χ4n) is 2.39. The van der Waals surface area contributed by atoms with Gasteiger partial charge in [0.05, 0.1) is 23.2 Å². The molecule has 1 amide bonds. The average Bonchev–Trinajstić information content (AvgIpc) is 2.61. The van der Waals surface area contributed by atoms with Crippen LogP contribution in [0.2, 0.25) is 5.02 Å². The summed E-state index contributed by atoms with van der Waals surface area (Å²) in [4.78, 5) is 23.7. The molecule has 1 aromatic rings. The van der Waals surface area contributed by atoms with Crippen LogP contribution in [0.5, 0.6) is 11.5 Å². The Bertz CT molecular complexity index is 709. The van der Waals surface area contributed by atoms with Crippen LogP contribution in [0.1, 0.15) is 58.3 Å². The zero-order valence-electron chi connectivity index (χ0n) is 19.0. The van der Waals surface area contributed by atoms with Crippen molar-refractivity contribution in [3.05, 3.63) is 22.7 Å². The summed E-state index contributed by atoms with van der Waals surface area (Å²) in [5.74, 6) is 0.747. The monoisotopic (exact) mass is 443 g/mol. The zero-order valence-corrected chi connectivity index (χ0v) is 19.7. The average molecular weight is 444 g/mol. The quantitative estimate of drug-likeness (QED) is 0.409. The lowest BCUT2D eigenvalue weighted by molar-refractivity contribution is 0.0429. The van der Waals surface area contributed by atoms with Gasteiger partial charge in [0.25, 0.3) is 0 Å². The summed E-state index contributed by atoms with van der Waals surface area (Å²) in [7, 11) is 1.62. The number of rotatable bonds is 10. The number of aldehydes is 1. The number of hydrogen-bond donors (Lipinski definition) is 1. The van der Waals surface area contributed by atoms with E-state index in [0.29, 0.717) is 48.0 Å². The van der Waals surface area contributed by atoms with Crippen LogP contribution < -0.4 is 14.8 Å². The Morgan fingerprint density at radius 1 is 1.10 bits per heavy atom. The van der Waals surface area contributed by atoms with Crippen molar-refractivity contribution in [2.75, 3.05) is 26.9 Å². The first kappa shape index (κ1) is 26.0. The van der Waals surface area contributed by atoms with Crippen LogP contribution in [0.4, 0.5) is 4.79 Å². The van der Waals surface area contributed by atoms with Crippen molar-refractivity contribution < 1.29 is 28.5 Å². The molecule has 170 valence electrons. The molecule has 1 rings (SSSR count). The summed E-state index contributed by atoms with van der Waals surface area (Å²) < 4.78 is 21.9. The van der Waals surface area contributed by atoms with Gasteiger partial charge < -0.3 is 24.3 Å². The summed E-state index contributed by atoms with van der Waals surface area (Å²) in [5, 5.41) is 3.17. The van der Waals surface area contributed by atoms with Crippen LogP contribution in [0.3, 0.4) is 0 Å². The molecule has 0 saturated heterocycles. The van der Waals surface area contributed by atoms with E-state index in [-0.39, 0.29) is 18.1 Å². The van der Waals surface area contributed by atoms with Gasteiger partial charge in [0.1, 0.15) is 23.7 Å². The number of benzene rings is 1. The first-order chi connectivity index (χ1) is 13.9. The van der Waals surface area contributed by atoms with Crippen LogP contribution in [0, 0.1) is 5.41 Å². The number of alkyl carbamates (subject to hydrolysis) is 1. The van der Waals surface area contributed by atoms with Gasteiger partial charge in [-0.25, -0.2) is 4.79 Å². The second kappa shape index (κ2) is 11.4. The van der Waals surface area contributed by atoms with Crippen molar-refractivity contribution in [1.29, 1.82) is 0 Å². The molecule has 0 aliphatic heterocycles. The highest BCUT2D eigenvalue weighted by atomic mass is 35.5. The molecule has 30 heavy (non-hydrogen) atoms. The molecule has 1 aromatic carbocycles. The fourth-order valence-corrected chi connectivity index (χ4v) is 2.62. The number of carbonyl (C=O) groups excluding carboxylic acids is 2. The van der Waals surface area contributed by atoms with Gasteiger partial charge >= 0.3 is 6.09 Å². The topological polar surface area (TPSA) is 83.1 Å². The first-order valence-electron chi connectivity index (χ1n) is 9.90. The maximum atomic E-state index is 12.2. The minimum atomic E-state index is -0.608. The molecule has 0 aromatic heterocycles. The number of carbonyl (C=O) groups is 2. The molecule has 0 spiro atoms. The van der Waals surface area contributed by atoms with Gasteiger partial charge in [-0.05, 0) is 32.3 Å². The van der Waals surface area contributed by atoms with E-state index in [9.17, 15) is 9.59 Å². The number of hydrogen-bond acceptors (Lipinski definition) is 6. The Balaban J connectivity index is 2.93. The fraction of sp³-hybridized carbons (Fsp3) is 0.636. The van der Waals surface area contributed by atoms with Gasteiger partial charge in [-0.2, -0.15) is 0 Å². The van der Waals surface area contributed by atoms with E-state index in [1.165, 1.54) is 6.07 Å². The lowest BCUT2D eigenvalue weighted by Gasteiger charge is -2.32. The molecule has 1 N–H and O–H groups in total. The molecule has 0 saturated carbocycles. The Labute approximate surface area is 184 Å². The molecule has 7 nitrogen and oxygen atoms in total. The van der Waals surface area contributed by atoms with E-state index in [2.05, 4.69) is 5.32 Å². The van der Waals surface area contributed by atoms with Crippen molar-refractivity contribution in [3.63, 3.8) is 0 Å². The highest BCUT2D eigenvalue weighted by molar-refractivity contribution is 6.32. The van der Waals surface area contributed by atoms with Crippen molar-refractivity contribution in [3.8, 4) is 11.5 Å². The van der Waals surface area contributed by atoms with Crippen molar-refractivity contribution >= 4 is 24.0 Å². The van der Waals surface area contributed by atoms with Gasteiger partial charge in [0, 0.05) is 26.2 Å². The third-order valence-corrected chi connectivity index (χ3v) is 4.38. The van der Waals surface area contributed by atoms with Crippen LogP contribution >= 0.6 is 11.6 Å². The second-order valence-corrected chi connectivity index (χ2v) is 9.42. The molecule has 0 aliphatic carbocycles. The van der Waals surface area contributed by atoms with Crippen LogP contribution in [-0.2, 0) is 9.47 Å². The van der Waals surface area contributed by atoms with Crippen LogP contribution in [0.15, 0.2) is 12.1 Å². The smallest absolute Gasteiger partial charge is 0.408 e. The minimum Gasteiger partial charge on any atom is -0.492 e. The Hall–Kier alpha value is -1.99. The van der Waals surface area contributed by atoms with Gasteiger partial charge in [0.15, 0.2) is 6.29 Å². The molecule has 0 bridgehead atoms. The van der Waals surface area contributed by atoms with Gasteiger partial charge in [-0.15, -0.1) is 0 Å².